The van der Waals surface area contributed by atoms with Gasteiger partial charge >= 0.3 is 0 Å². The zero-order valence-electron chi connectivity index (χ0n) is 26.6. The van der Waals surface area contributed by atoms with Crippen LogP contribution in [-0.2, 0) is 32.6 Å². The topological polar surface area (TPSA) is 96.0 Å². The van der Waals surface area contributed by atoms with Crippen LogP contribution in [0.3, 0.4) is 0 Å². The van der Waals surface area contributed by atoms with Gasteiger partial charge in [0.1, 0.15) is 18.3 Å². The molecule has 0 aliphatic rings. The molecule has 8 nitrogen and oxygen atoms in total. The van der Waals surface area contributed by atoms with Gasteiger partial charge in [-0.3, -0.25) is 13.9 Å². The molecule has 0 saturated heterocycles. The van der Waals surface area contributed by atoms with E-state index in [1.54, 1.807) is 55.5 Å². The predicted octanol–water partition coefficient (Wildman–Crippen LogP) is 7.14. The second-order valence-electron chi connectivity index (χ2n) is 11.0. The zero-order chi connectivity index (χ0) is 34.0. The Hall–Kier alpha value is -4.05. The van der Waals surface area contributed by atoms with E-state index in [1.807, 2.05) is 44.2 Å². The summed E-state index contributed by atoms with van der Waals surface area (Å²) in [4.78, 5) is 30.0. The maximum atomic E-state index is 14.7. The van der Waals surface area contributed by atoms with Crippen molar-refractivity contribution in [3.63, 3.8) is 0 Å². The average molecular weight is 697 g/mol. The van der Waals surface area contributed by atoms with E-state index in [9.17, 15) is 18.0 Å². The van der Waals surface area contributed by atoms with Gasteiger partial charge in [0.05, 0.1) is 17.2 Å². The van der Waals surface area contributed by atoms with Crippen LogP contribution in [0.5, 0.6) is 5.75 Å². The average Bonchev–Trinajstić information content (AvgIpc) is 3.07. The number of carbonyl (C=O) groups excluding carboxylic acids is 2. The molecule has 4 aromatic carbocycles. The van der Waals surface area contributed by atoms with E-state index >= 15 is 0 Å². The third kappa shape index (κ3) is 9.28. The number of halogens is 2. The summed E-state index contributed by atoms with van der Waals surface area (Å²) >= 11 is 12.7. The SMILES string of the molecule is CCOc1ccccc1N(CC(=O)N(Cc1ccccc1Cl)[C@H](Cc1ccccc1)C(=O)N[C@H](C)CC)S(=O)(=O)c1ccc(Cl)cc1. The predicted molar refractivity (Wildman–Crippen MR) is 187 cm³/mol. The lowest BCUT2D eigenvalue weighted by molar-refractivity contribution is -0.140. The highest BCUT2D eigenvalue weighted by Crippen LogP contribution is 2.33. The second kappa shape index (κ2) is 16.7. The molecule has 0 spiro atoms. The number of amides is 2. The maximum Gasteiger partial charge on any atom is 0.264 e. The molecule has 2 amide bonds. The number of para-hydroxylation sites is 2. The Morgan fingerprint density at radius 1 is 0.851 bits per heavy atom. The molecular weight excluding hydrogens is 657 g/mol. The van der Waals surface area contributed by atoms with Gasteiger partial charge in [0.2, 0.25) is 11.8 Å². The molecule has 0 saturated carbocycles. The molecular formula is C36H39Cl2N3O5S. The van der Waals surface area contributed by atoms with E-state index in [2.05, 4.69) is 5.32 Å². The van der Waals surface area contributed by atoms with E-state index in [4.69, 9.17) is 27.9 Å². The molecule has 11 heteroatoms. The second-order valence-corrected chi connectivity index (χ2v) is 13.7. The highest BCUT2D eigenvalue weighted by atomic mass is 35.5. The van der Waals surface area contributed by atoms with Crippen molar-refractivity contribution in [2.45, 2.75) is 57.1 Å². The van der Waals surface area contributed by atoms with Crippen molar-refractivity contribution in [2.75, 3.05) is 17.5 Å². The summed E-state index contributed by atoms with van der Waals surface area (Å²) in [5, 5.41) is 3.81. The van der Waals surface area contributed by atoms with Crippen molar-refractivity contribution in [1.29, 1.82) is 0 Å². The smallest absolute Gasteiger partial charge is 0.264 e. The standard InChI is InChI=1S/C36H39Cl2N3O5S/c1-4-26(3)39-36(43)33(23-27-13-7-6-8-14-27)40(24-28-15-9-10-16-31(28)38)35(42)25-41(32-17-11-12-18-34(32)46-5-2)47(44,45)30-21-19-29(37)20-22-30/h6-22,26,33H,4-5,23-25H2,1-3H3,(H,39,43)/t26-,33-/m1/s1. The third-order valence-electron chi connectivity index (χ3n) is 7.68. The molecule has 4 aromatic rings. The number of anilines is 1. The molecule has 0 radical (unpaired) electrons. The highest BCUT2D eigenvalue weighted by molar-refractivity contribution is 7.92. The number of hydrogen-bond donors (Lipinski definition) is 1. The minimum Gasteiger partial charge on any atom is -0.492 e. The molecule has 0 aliphatic carbocycles. The van der Waals surface area contributed by atoms with Crippen LogP contribution in [-0.4, -0.2) is 50.4 Å². The minimum atomic E-state index is -4.33. The van der Waals surface area contributed by atoms with Crippen LogP contribution in [0.4, 0.5) is 5.69 Å². The Morgan fingerprint density at radius 3 is 2.15 bits per heavy atom. The maximum absolute atomic E-state index is 14.7. The Balaban J connectivity index is 1.85. The molecule has 47 heavy (non-hydrogen) atoms. The lowest BCUT2D eigenvalue weighted by atomic mass is 10.0. The summed E-state index contributed by atoms with van der Waals surface area (Å²) in [5.74, 6) is -0.673. The van der Waals surface area contributed by atoms with Crippen LogP contribution in [0, 0.1) is 0 Å². The summed E-state index contributed by atoms with van der Waals surface area (Å²) in [7, 11) is -4.33. The molecule has 248 valence electrons. The van der Waals surface area contributed by atoms with E-state index in [0.717, 1.165) is 9.87 Å². The Kier molecular flexibility index (Phi) is 12.7. The number of carbonyl (C=O) groups is 2. The van der Waals surface area contributed by atoms with E-state index in [1.165, 1.54) is 29.2 Å². The first-order valence-corrected chi connectivity index (χ1v) is 17.6. The van der Waals surface area contributed by atoms with Crippen molar-refractivity contribution >= 4 is 50.7 Å². The van der Waals surface area contributed by atoms with Gasteiger partial charge in [-0.15, -0.1) is 0 Å². The number of ether oxygens (including phenoxy) is 1. The molecule has 0 heterocycles. The molecule has 4 rings (SSSR count). The van der Waals surface area contributed by atoms with Gasteiger partial charge in [-0.25, -0.2) is 8.42 Å². The van der Waals surface area contributed by atoms with Gasteiger partial charge in [0, 0.05) is 29.1 Å². The van der Waals surface area contributed by atoms with Crippen molar-refractivity contribution in [1.82, 2.24) is 10.2 Å². The van der Waals surface area contributed by atoms with E-state index in [0.29, 0.717) is 22.0 Å². The number of nitrogens with one attached hydrogen (secondary N) is 1. The molecule has 0 bridgehead atoms. The highest BCUT2D eigenvalue weighted by Gasteiger charge is 2.36. The number of sulfonamides is 1. The van der Waals surface area contributed by atoms with Crippen molar-refractivity contribution in [3.8, 4) is 5.75 Å². The summed E-state index contributed by atoms with van der Waals surface area (Å²) < 4.78 is 35.4. The molecule has 0 aromatic heterocycles. The zero-order valence-corrected chi connectivity index (χ0v) is 28.9. The summed E-state index contributed by atoms with van der Waals surface area (Å²) in [6.45, 7) is 5.25. The largest absolute Gasteiger partial charge is 0.492 e. The monoisotopic (exact) mass is 695 g/mol. The van der Waals surface area contributed by atoms with E-state index in [-0.39, 0.29) is 47.9 Å². The van der Waals surface area contributed by atoms with Gasteiger partial charge in [0.25, 0.3) is 10.0 Å². The fourth-order valence-electron chi connectivity index (χ4n) is 4.99. The van der Waals surface area contributed by atoms with Crippen LogP contribution in [0.15, 0.2) is 108 Å². The summed E-state index contributed by atoms with van der Waals surface area (Å²) in [6, 6.07) is 27.6. The van der Waals surface area contributed by atoms with Crippen molar-refractivity contribution < 1.29 is 22.7 Å². The molecule has 2 atom stereocenters. The first-order valence-electron chi connectivity index (χ1n) is 15.4. The quantitative estimate of drug-likeness (QED) is 0.143. The van der Waals surface area contributed by atoms with Crippen LogP contribution >= 0.6 is 23.2 Å². The summed E-state index contributed by atoms with van der Waals surface area (Å²) in [5.41, 5.74) is 1.62. The third-order valence-corrected chi connectivity index (χ3v) is 10.1. The van der Waals surface area contributed by atoms with Gasteiger partial charge in [-0.2, -0.15) is 0 Å². The number of nitrogens with zero attached hydrogens (tertiary/aromatic N) is 2. The van der Waals surface area contributed by atoms with Gasteiger partial charge in [-0.1, -0.05) is 90.8 Å². The van der Waals surface area contributed by atoms with Crippen LogP contribution in [0.25, 0.3) is 0 Å². The van der Waals surface area contributed by atoms with Gasteiger partial charge < -0.3 is 15.0 Å². The molecule has 0 fully saturated rings. The van der Waals surface area contributed by atoms with Crippen molar-refractivity contribution in [3.05, 3.63) is 124 Å². The van der Waals surface area contributed by atoms with Crippen LogP contribution < -0.4 is 14.4 Å². The summed E-state index contributed by atoms with van der Waals surface area (Å²) in [6.07, 6.45) is 0.877. The fraction of sp³-hybridized carbons (Fsp3) is 0.278. The van der Waals surface area contributed by atoms with Crippen LogP contribution in [0.1, 0.15) is 38.3 Å². The minimum absolute atomic E-state index is 0.0358. The Morgan fingerprint density at radius 2 is 1.49 bits per heavy atom. The normalized spacial score (nSPS) is 12.5. The number of benzene rings is 4. The molecule has 1 N–H and O–H groups in total. The Labute approximate surface area is 287 Å². The molecule has 0 aliphatic heterocycles. The van der Waals surface area contributed by atoms with Gasteiger partial charge in [-0.05, 0) is 73.9 Å². The fourth-order valence-corrected chi connectivity index (χ4v) is 6.74. The number of rotatable bonds is 15. The first kappa shape index (κ1) is 35.8. The Bertz CT molecular complexity index is 1750. The molecule has 0 unspecified atom stereocenters. The lowest BCUT2D eigenvalue weighted by Crippen LogP contribution is -2.54. The number of hydrogen-bond acceptors (Lipinski definition) is 5. The first-order chi connectivity index (χ1) is 22.5. The van der Waals surface area contributed by atoms with Crippen molar-refractivity contribution in [2.24, 2.45) is 0 Å². The lowest BCUT2D eigenvalue weighted by Gasteiger charge is -2.34. The van der Waals surface area contributed by atoms with Crippen LogP contribution in [0.2, 0.25) is 10.0 Å². The van der Waals surface area contributed by atoms with Gasteiger partial charge in [0.15, 0.2) is 0 Å². The van der Waals surface area contributed by atoms with E-state index < -0.39 is 28.5 Å².